The number of benzene rings is 1. The van der Waals surface area contributed by atoms with Crippen LogP contribution in [-0.2, 0) is 14.8 Å². The van der Waals surface area contributed by atoms with Gasteiger partial charge in [0.2, 0.25) is 15.9 Å². The highest BCUT2D eigenvalue weighted by atomic mass is 32.2. The van der Waals surface area contributed by atoms with Crippen LogP contribution in [0.3, 0.4) is 0 Å². The maximum atomic E-state index is 13.0. The van der Waals surface area contributed by atoms with Gasteiger partial charge in [-0.3, -0.25) is 4.79 Å². The molecule has 0 spiro atoms. The van der Waals surface area contributed by atoms with E-state index >= 15 is 0 Å². The van der Waals surface area contributed by atoms with Crippen molar-refractivity contribution in [3.8, 4) is 0 Å². The highest BCUT2D eigenvalue weighted by Crippen LogP contribution is 2.28. The molecule has 1 unspecified atom stereocenters. The van der Waals surface area contributed by atoms with Crippen molar-refractivity contribution in [1.82, 2.24) is 9.62 Å². The summed E-state index contributed by atoms with van der Waals surface area (Å²) in [5.74, 6) is 1.01. The minimum atomic E-state index is -3.46. The number of rotatable bonds is 7. The Balaban J connectivity index is 1.48. The van der Waals surface area contributed by atoms with Gasteiger partial charge in [-0.1, -0.05) is 37.5 Å². The second-order valence-electron chi connectivity index (χ2n) is 8.48. The molecule has 1 aromatic carbocycles. The van der Waals surface area contributed by atoms with Crippen molar-refractivity contribution in [3.63, 3.8) is 0 Å². The maximum absolute atomic E-state index is 13.0. The van der Waals surface area contributed by atoms with E-state index in [1.54, 1.807) is 16.4 Å². The molecular weight excluding hydrogens is 372 g/mol. The molecule has 28 heavy (non-hydrogen) atoms. The first-order valence-corrected chi connectivity index (χ1v) is 12.2. The summed E-state index contributed by atoms with van der Waals surface area (Å²) in [6.45, 7) is 3.73. The Labute approximate surface area is 169 Å². The average Bonchev–Trinajstić information content (AvgIpc) is 2.72. The molecule has 1 atom stereocenters. The molecule has 1 saturated carbocycles. The quantitative estimate of drug-likeness (QED) is 0.747. The number of carbonyl (C=O) groups excluding carboxylic acids is 1. The molecule has 3 rings (SSSR count). The van der Waals surface area contributed by atoms with Crippen LogP contribution >= 0.6 is 0 Å². The fourth-order valence-electron chi connectivity index (χ4n) is 4.54. The van der Waals surface area contributed by atoms with Crippen LogP contribution in [0.4, 0.5) is 0 Å². The van der Waals surface area contributed by atoms with Crippen molar-refractivity contribution in [2.75, 3.05) is 19.6 Å². The van der Waals surface area contributed by atoms with Crippen LogP contribution in [0.1, 0.15) is 63.4 Å². The van der Waals surface area contributed by atoms with E-state index in [1.165, 1.54) is 32.1 Å². The smallest absolute Gasteiger partial charge is 0.243 e. The number of piperidine rings is 1. The largest absolute Gasteiger partial charge is 0.356 e. The molecule has 1 heterocycles. The number of hydrogen-bond donors (Lipinski definition) is 1. The van der Waals surface area contributed by atoms with E-state index in [0.717, 1.165) is 31.4 Å². The molecule has 0 bridgehead atoms. The predicted molar refractivity (Wildman–Crippen MR) is 111 cm³/mol. The average molecular weight is 407 g/mol. The number of carbonyl (C=O) groups is 1. The summed E-state index contributed by atoms with van der Waals surface area (Å²) in [7, 11) is -3.46. The lowest BCUT2D eigenvalue weighted by Gasteiger charge is -2.32. The molecule has 156 valence electrons. The zero-order valence-corrected chi connectivity index (χ0v) is 17.8. The SMILES string of the molecule is Cc1ccccc1S(=O)(=O)N1CCCC(CCC(=O)NCC2CCCCC2)C1. The summed E-state index contributed by atoms with van der Waals surface area (Å²) in [4.78, 5) is 12.6. The first-order valence-electron chi connectivity index (χ1n) is 10.8. The monoisotopic (exact) mass is 406 g/mol. The first-order chi connectivity index (χ1) is 13.5. The zero-order valence-electron chi connectivity index (χ0n) is 17.0. The van der Waals surface area contributed by atoms with Gasteiger partial charge in [-0.25, -0.2) is 8.42 Å². The van der Waals surface area contributed by atoms with Gasteiger partial charge in [-0.05, 0) is 62.5 Å². The van der Waals surface area contributed by atoms with E-state index in [1.807, 2.05) is 19.1 Å². The van der Waals surface area contributed by atoms with Crippen LogP contribution in [0, 0.1) is 18.8 Å². The molecular formula is C22H34N2O3S. The Bertz CT molecular complexity index is 757. The Hall–Kier alpha value is -1.40. The zero-order chi connectivity index (χ0) is 20.0. The minimum Gasteiger partial charge on any atom is -0.356 e. The van der Waals surface area contributed by atoms with Crippen molar-refractivity contribution in [2.24, 2.45) is 11.8 Å². The molecule has 2 aliphatic rings. The van der Waals surface area contributed by atoms with Crippen LogP contribution in [0.5, 0.6) is 0 Å². The Kier molecular flexibility index (Phi) is 7.52. The van der Waals surface area contributed by atoms with Crippen LogP contribution in [-0.4, -0.2) is 38.3 Å². The molecule has 1 amide bonds. The molecule has 0 aromatic heterocycles. The molecule has 1 aromatic rings. The van der Waals surface area contributed by atoms with Crippen molar-refractivity contribution in [3.05, 3.63) is 29.8 Å². The number of sulfonamides is 1. The van der Waals surface area contributed by atoms with Crippen molar-refractivity contribution in [2.45, 2.75) is 69.6 Å². The fourth-order valence-corrected chi connectivity index (χ4v) is 6.32. The molecule has 1 aliphatic heterocycles. The highest BCUT2D eigenvalue weighted by molar-refractivity contribution is 7.89. The molecule has 6 heteroatoms. The van der Waals surface area contributed by atoms with Crippen LogP contribution in [0.2, 0.25) is 0 Å². The second-order valence-corrected chi connectivity index (χ2v) is 10.4. The molecule has 0 radical (unpaired) electrons. The third-order valence-electron chi connectivity index (χ3n) is 6.29. The summed E-state index contributed by atoms with van der Waals surface area (Å²) < 4.78 is 27.6. The van der Waals surface area contributed by atoms with Gasteiger partial charge in [0, 0.05) is 26.1 Å². The maximum Gasteiger partial charge on any atom is 0.243 e. The molecule has 1 N–H and O–H groups in total. The predicted octanol–water partition coefficient (Wildman–Crippen LogP) is 3.87. The minimum absolute atomic E-state index is 0.115. The third-order valence-corrected chi connectivity index (χ3v) is 8.31. The van der Waals surface area contributed by atoms with E-state index in [0.29, 0.717) is 30.3 Å². The fraction of sp³-hybridized carbons (Fsp3) is 0.682. The first kappa shape index (κ1) is 21.3. The summed E-state index contributed by atoms with van der Waals surface area (Å²) >= 11 is 0. The molecule has 5 nitrogen and oxygen atoms in total. The Morgan fingerprint density at radius 1 is 1.07 bits per heavy atom. The molecule has 1 saturated heterocycles. The van der Waals surface area contributed by atoms with Gasteiger partial charge in [0.05, 0.1) is 4.90 Å². The lowest BCUT2D eigenvalue weighted by atomic mass is 9.89. The highest BCUT2D eigenvalue weighted by Gasteiger charge is 2.31. The van der Waals surface area contributed by atoms with E-state index in [4.69, 9.17) is 0 Å². The van der Waals surface area contributed by atoms with E-state index in [-0.39, 0.29) is 11.8 Å². The van der Waals surface area contributed by atoms with Gasteiger partial charge >= 0.3 is 0 Å². The lowest BCUT2D eigenvalue weighted by Crippen LogP contribution is -2.40. The van der Waals surface area contributed by atoms with Gasteiger partial charge in [-0.2, -0.15) is 4.31 Å². The van der Waals surface area contributed by atoms with Crippen molar-refractivity contribution in [1.29, 1.82) is 0 Å². The number of nitrogens with zero attached hydrogens (tertiary/aromatic N) is 1. The van der Waals surface area contributed by atoms with Gasteiger partial charge in [0.25, 0.3) is 0 Å². The van der Waals surface area contributed by atoms with Gasteiger partial charge < -0.3 is 5.32 Å². The summed E-state index contributed by atoms with van der Waals surface area (Å²) in [6, 6.07) is 7.16. The normalized spacial score (nSPS) is 22.1. The molecule has 2 fully saturated rings. The second kappa shape index (κ2) is 9.88. The Morgan fingerprint density at radius 2 is 1.79 bits per heavy atom. The number of hydrogen-bond acceptors (Lipinski definition) is 3. The summed E-state index contributed by atoms with van der Waals surface area (Å²) in [5, 5.41) is 3.10. The third kappa shape index (κ3) is 5.57. The van der Waals surface area contributed by atoms with E-state index < -0.39 is 10.0 Å². The Morgan fingerprint density at radius 3 is 2.54 bits per heavy atom. The van der Waals surface area contributed by atoms with Gasteiger partial charge in [0.15, 0.2) is 0 Å². The molecule has 1 aliphatic carbocycles. The van der Waals surface area contributed by atoms with Crippen LogP contribution < -0.4 is 5.32 Å². The number of amides is 1. The van der Waals surface area contributed by atoms with Gasteiger partial charge in [-0.15, -0.1) is 0 Å². The number of aryl methyl sites for hydroxylation is 1. The summed E-state index contributed by atoms with van der Waals surface area (Å²) in [6.07, 6.45) is 9.47. The van der Waals surface area contributed by atoms with Crippen LogP contribution in [0.15, 0.2) is 29.2 Å². The topological polar surface area (TPSA) is 66.5 Å². The lowest BCUT2D eigenvalue weighted by molar-refractivity contribution is -0.121. The van der Waals surface area contributed by atoms with E-state index in [9.17, 15) is 13.2 Å². The van der Waals surface area contributed by atoms with E-state index in [2.05, 4.69) is 5.32 Å². The standard InChI is InChI=1S/C22H34N2O3S/c1-18-8-5-6-12-21(18)28(26,27)24-15-7-11-20(17-24)13-14-22(25)23-16-19-9-3-2-4-10-19/h5-6,8,12,19-20H,2-4,7,9-11,13-17H2,1H3,(H,23,25). The van der Waals surface area contributed by atoms with Crippen molar-refractivity contribution < 1.29 is 13.2 Å². The van der Waals surface area contributed by atoms with Gasteiger partial charge in [0.1, 0.15) is 0 Å². The van der Waals surface area contributed by atoms with Crippen molar-refractivity contribution >= 4 is 15.9 Å². The summed E-state index contributed by atoms with van der Waals surface area (Å²) in [5.41, 5.74) is 0.784. The van der Waals surface area contributed by atoms with Crippen LogP contribution in [0.25, 0.3) is 0 Å². The number of nitrogens with one attached hydrogen (secondary N) is 1.